The minimum Gasteiger partial charge on any atom is -0.315 e. The number of hydrogen-bond acceptors (Lipinski definition) is 4. The lowest BCUT2D eigenvalue weighted by atomic mass is 10.1. The number of nitrogens with zero attached hydrogens (tertiary/aromatic N) is 1. The van der Waals surface area contributed by atoms with Crippen molar-refractivity contribution in [2.45, 2.75) is 39.2 Å². The van der Waals surface area contributed by atoms with Gasteiger partial charge >= 0.3 is 0 Å². The third kappa shape index (κ3) is 6.16. The highest BCUT2D eigenvalue weighted by atomic mass is 32.2. The van der Waals surface area contributed by atoms with Crippen molar-refractivity contribution in [2.75, 3.05) is 38.2 Å². The zero-order valence-electron chi connectivity index (χ0n) is 12.0. The average Bonchev–Trinajstić information content (AvgIpc) is 2.63. The van der Waals surface area contributed by atoms with Gasteiger partial charge in [0.05, 0.1) is 11.5 Å². The summed E-state index contributed by atoms with van der Waals surface area (Å²) in [5, 5.41) is 3.42. The van der Waals surface area contributed by atoms with Gasteiger partial charge in [-0.1, -0.05) is 13.8 Å². The molecule has 0 bridgehead atoms. The molecular weight excluding hydrogens is 248 g/mol. The van der Waals surface area contributed by atoms with Gasteiger partial charge in [-0.3, -0.25) is 0 Å². The van der Waals surface area contributed by atoms with Crippen LogP contribution in [0.2, 0.25) is 0 Å². The number of nitrogens with one attached hydrogen (secondary N) is 1. The van der Waals surface area contributed by atoms with Crippen molar-refractivity contribution in [1.82, 2.24) is 10.2 Å². The van der Waals surface area contributed by atoms with Crippen LogP contribution < -0.4 is 5.32 Å². The van der Waals surface area contributed by atoms with E-state index in [-0.39, 0.29) is 6.04 Å². The normalized spacial score (nSPS) is 23.1. The lowest BCUT2D eigenvalue weighted by Gasteiger charge is -2.23. The maximum atomic E-state index is 11.4. The second-order valence-electron chi connectivity index (χ2n) is 5.82. The molecule has 0 aromatic rings. The van der Waals surface area contributed by atoms with Crippen LogP contribution in [0.3, 0.4) is 0 Å². The molecule has 0 aromatic heterocycles. The molecule has 1 rings (SSSR count). The summed E-state index contributed by atoms with van der Waals surface area (Å²) in [4.78, 5) is 2.18. The minimum atomic E-state index is -2.75. The molecule has 1 aliphatic heterocycles. The summed E-state index contributed by atoms with van der Waals surface area (Å²) in [6, 6.07) is 0.229. The molecular formula is C13H28N2O2S. The van der Waals surface area contributed by atoms with E-state index in [1.54, 1.807) is 0 Å². The van der Waals surface area contributed by atoms with Gasteiger partial charge in [0.2, 0.25) is 0 Å². The van der Waals surface area contributed by atoms with Crippen LogP contribution in [0, 0.1) is 5.92 Å². The molecule has 0 spiro atoms. The Kier molecular flexibility index (Phi) is 6.60. The summed E-state index contributed by atoms with van der Waals surface area (Å²) in [5.41, 5.74) is 0. The Morgan fingerprint density at radius 3 is 2.61 bits per heavy atom. The standard InChI is InChI=1S/C13H28N2O2S/c1-12(2)5-4-7-14-8-9-15(3)13-6-10-18(16,17)11-13/h12-14H,4-11H2,1-3H3. The zero-order chi connectivity index (χ0) is 13.6. The van der Waals surface area contributed by atoms with Gasteiger partial charge in [-0.2, -0.15) is 0 Å². The second-order valence-corrected chi connectivity index (χ2v) is 8.05. The van der Waals surface area contributed by atoms with Crippen LogP contribution in [0.15, 0.2) is 0 Å². The van der Waals surface area contributed by atoms with Crippen molar-refractivity contribution in [3.63, 3.8) is 0 Å². The van der Waals surface area contributed by atoms with E-state index >= 15 is 0 Å². The van der Waals surface area contributed by atoms with Gasteiger partial charge in [0.25, 0.3) is 0 Å². The molecule has 1 heterocycles. The quantitative estimate of drug-likeness (QED) is 0.675. The molecule has 18 heavy (non-hydrogen) atoms. The number of hydrogen-bond donors (Lipinski definition) is 1. The summed E-state index contributed by atoms with van der Waals surface area (Å²) < 4.78 is 22.8. The highest BCUT2D eigenvalue weighted by molar-refractivity contribution is 7.91. The lowest BCUT2D eigenvalue weighted by molar-refractivity contribution is 0.261. The van der Waals surface area contributed by atoms with Crippen molar-refractivity contribution >= 4 is 9.84 Å². The molecule has 1 N–H and O–H groups in total. The number of likely N-dealkylation sites (N-methyl/N-ethyl adjacent to an activating group) is 1. The fourth-order valence-electron chi connectivity index (χ4n) is 2.32. The molecule has 1 unspecified atom stereocenters. The van der Waals surface area contributed by atoms with Gasteiger partial charge < -0.3 is 10.2 Å². The topological polar surface area (TPSA) is 49.4 Å². The summed E-state index contributed by atoms with van der Waals surface area (Å²) in [6.07, 6.45) is 3.29. The molecule has 1 fully saturated rings. The van der Waals surface area contributed by atoms with E-state index in [0.717, 1.165) is 32.0 Å². The Bertz CT molecular complexity index is 328. The largest absolute Gasteiger partial charge is 0.315 e. The molecule has 0 amide bonds. The molecule has 0 radical (unpaired) electrons. The van der Waals surface area contributed by atoms with Gasteiger partial charge in [-0.15, -0.1) is 0 Å². The van der Waals surface area contributed by atoms with Crippen LogP contribution in [0.5, 0.6) is 0 Å². The van der Waals surface area contributed by atoms with Crippen molar-refractivity contribution in [3.05, 3.63) is 0 Å². The summed E-state index contributed by atoms with van der Waals surface area (Å²) in [7, 11) is -0.722. The fourth-order valence-corrected chi connectivity index (χ4v) is 4.13. The molecule has 1 atom stereocenters. The smallest absolute Gasteiger partial charge is 0.151 e. The fraction of sp³-hybridized carbons (Fsp3) is 1.00. The molecule has 1 saturated heterocycles. The third-order valence-corrected chi connectivity index (χ3v) is 5.36. The monoisotopic (exact) mass is 276 g/mol. The van der Waals surface area contributed by atoms with Crippen molar-refractivity contribution < 1.29 is 8.42 Å². The van der Waals surface area contributed by atoms with E-state index in [9.17, 15) is 8.42 Å². The highest BCUT2D eigenvalue weighted by Gasteiger charge is 2.30. The molecule has 1 aliphatic rings. The zero-order valence-corrected chi connectivity index (χ0v) is 12.8. The summed E-state index contributed by atoms with van der Waals surface area (Å²) >= 11 is 0. The van der Waals surface area contributed by atoms with Gasteiger partial charge in [-0.05, 0) is 38.8 Å². The van der Waals surface area contributed by atoms with E-state index in [2.05, 4.69) is 24.1 Å². The van der Waals surface area contributed by atoms with E-state index < -0.39 is 9.84 Å². The Morgan fingerprint density at radius 1 is 1.33 bits per heavy atom. The van der Waals surface area contributed by atoms with E-state index in [1.165, 1.54) is 12.8 Å². The van der Waals surface area contributed by atoms with Crippen LogP contribution in [0.1, 0.15) is 33.1 Å². The van der Waals surface area contributed by atoms with E-state index in [0.29, 0.717) is 11.5 Å². The molecule has 0 aromatic carbocycles. The molecule has 0 saturated carbocycles. The van der Waals surface area contributed by atoms with Crippen LogP contribution in [-0.2, 0) is 9.84 Å². The SMILES string of the molecule is CC(C)CCCNCCN(C)C1CCS(=O)(=O)C1. The number of rotatable bonds is 8. The summed E-state index contributed by atoms with van der Waals surface area (Å²) in [5.74, 6) is 1.49. The predicted molar refractivity (Wildman–Crippen MR) is 76.6 cm³/mol. The number of sulfone groups is 1. The van der Waals surface area contributed by atoms with Gasteiger partial charge in [0, 0.05) is 19.1 Å². The van der Waals surface area contributed by atoms with Crippen molar-refractivity contribution in [2.24, 2.45) is 5.92 Å². The van der Waals surface area contributed by atoms with Crippen LogP contribution in [0.4, 0.5) is 0 Å². The first kappa shape index (κ1) is 15.9. The maximum Gasteiger partial charge on any atom is 0.151 e. The first-order chi connectivity index (χ1) is 8.41. The van der Waals surface area contributed by atoms with Crippen LogP contribution in [0.25, 0.3) is 0 Å². The first-order valence-electron chi connectivity index (χ1n) is 7.02. The Hall–Kier alpha value is -0.130. The summed E-state index contributed by atoms with van der Waals surface area (Å²) in [6.45, 7) is 7.44. The molecule has 4 nitrogen and oxygen atoms in total. The Morgan fingerprint density at radius 2 is 2.06 bits per heavy atom. The Labute approximate surface area is 112 Å². The van der Waals surface area contributed by atoms with E-state index in [4.69, 9.17) is 0 Å². The second kappa shape index (κ2) is 7.46. The van der Waals surface area contributed by atoms with Gasteiger partial charge in [0.1, 0.15) is 0 Å². The predicted octanol–water partition coefficient (Wildman–Crippen LogP) is 1.13. The molecule has 5 heteroatoms. The van der Waals surface area contributed by atoms with Crippen LogP contribution in [-0.4, -0.2) is 57.5 Å². The van der Waals surface area contributed by atoms with Crippen molar-refractivity contribution in [1.29, 1.82) is 0 Å². The lowest BCUT2D eigenvalue weighted by Crippen LogP contribution is -2.37. The molecule has 108 valence electrons. The minimum absolute atomic E-state index is 0.229. The van der Waals surface area contributed by atoms with Crippen molar-refractivity contribution in [3.8, 4) is 0 Å². The Balaban J connectivity index is 2.06. The maximum absolute atomic E-state index is 11.4. The third-order valence-electron chi connectivity index (χ3n) is 3.61. The first-order valence-corrected chi connectivity index (χ1v) is 8.84. The van der Waals surface area contributed by atoms with Gasteiger partial charge in [-0.25, -0.2) is 8.42 Å². The molecule has 0 aliphatic carbocycles. The average molecular weight is 276 g/mol. The van der Waals surface area contributed by atoms with Gasteiger partial charge in [0.15, 0.2) is 9.84 Å². The van der Waals surface area contributed by atoms with Crippen LogP contribution >= 0.6 is 0 Å². The van der Waals surface area contributed by atoms with E-state index in [1.807, 2.05) is 7.05 Å². The highest BCUT2D eigenvalue weighted by Crippen LogP contribution is 2.15.